The van der Waals surface area contributed by atoms with Crippen molar-refractivity contribution < 1.29 is 14.3 Å². The molecule has 156 valence electrons. The maximum absolute atomic E-state index is 13.6. The van der Waals surface area contributed by atoms with Gasteiger partial charge in [0.2, 0.25) is 5.91 Å². The highest BCUT2D eigenvalue weighted by molar-refractivity contribution is 6.01. The molecule has 2 aliphatic heterocycles. The Morgan fingerprint density at radius 1 is 1.03 bits per heavy atom. The van der Waals surface area contributed by atoms with Crippen LogP contribution >= 0.6 is 0 Å². The van der Waals surface area contributed by atoms with E-state index in [0.29, 0.717) is 18.7 Å². The number of carbonyl (C=O) groups excluding carboxylic acids is 2. The number of nitrogens with zero attached hydrogens (tertiary/aromatic N) is 1. The summed E-state index contributed by atoms with van der Waals surface area (Å²) in [5.74, 6) is 0.232. The van der Waals surface area contributed by atoms with Crippen molar-refractivity contribution in [1.82, 2.24) is 10.2 Å². The van der Waals surface area contributed by atoms with E-state index in [4.69, 9.17) is 4.74 Å². The standard InChI is InChI=1S/C26H24N2O3/c1-31-19-9-6-7-17(15-19)16-27-25(29)23-21-11-4-5-12-22(21)26(30)28-14-13-18-8-2-3-10-20(18)24(23)28/h2-12,15,23-24H,13-14,16H2,1H3,(H,27,29)/t23-,24-/m0/s1. The fraction of sp³-hybridized carbons (Fsp3) is 0.231. The van der Waals surface area contributed by atoms with Crippen LogP contribution in [0.5, 0.6) is 5.75 Å². The van der Waals surface area contributed by atoms with Gasteiger partial charge in [-0.25, -0.2) is 0 Å². The minimum Gasteiger partial charge on any atom is -0.497 e. The number of rotatable bonds is 4. The fourth-order valence-corrected chi connectivity index (χ4v) is 4.84. The lowest BCUT2D eigenvalue weighted by atomic mass is 9.76. The molecule has 5 rings (SSSR count). The van der Waals surface area contributed by atoms with Gasteiger partial charge in [-0.1, -0.05) is 54.6 Å². The van der Waals surface area contributed by atoms with Gasteiger partial charge >= 0.3 is 0 Å². The summed E-state index contributed by atoms with van der Waals surface area (Å²) >= 11 is 0. The van der Waals surface area contributed by atoms with Crippen LogP contribution in [0.2, 0.25) is 0 Å². The molecular weight excluding hydrogens is 388 g/mol. The zero-order valence-corrected chi connectivity index (χ0v) is 17.4. The number of methoxy groups -OCH3 is 1. The lowest BCUT2D eigenvalue weighted by Crippen LogP contribution is -2.50. The van der Waals surface area contributed by atoms with Crippen LogP contribution in [0, 0.1) is 0 Å². The molecule has 3 aromatic carbocycles. The van der Waals surface area contributed by atoms with E-state index < -0.39 is 5.92 Å². The Hall–Kier alpha value is -3.60. The van der Waals surface area contributed by atoms with E-state index in [1.165, 1.54) is 5.56 Å². The number of hydrogen-bond donors (Lipinski definition) is 1. The van der Waals surface area contributed by atoms with Gasteiger partial charge < -0.3 is 15.0 Å². The highest BCUT2D eigenvalue weighted by atomic mass is 16.5. The highest BCUT2D eigenvalue weighted by Gasteiger charge is 2.45. The first-order valence-electron chi connectivity index (χ1n) is 10.6. The van der Waals surface area contributed by atoms with Crippen LogP contribution in [0.25, 0.3) is 0 Å². The smallest absolute Gasteiger partial charge is 0.254 e. The Labute approximate surface area is 181 Å². The number of nitrogens with one attached hydrogen (secondary N) is 1. The minimum atomic E-state index is -0.457. The van der Waals surface area contributed by atoms with Crippen LogP contribution in [-0.2, 0) is 17.8 Å². The van der Waals surface area contributed by atoms with Crippen molar-refractivity contribution in [2.75, 3.05) is 13.7 Å². The molecule has 0 saturated carbocycles. The Morgan fingerprint density at radius 2 is 1.81 bits per heavy atom. The molecule has 0 bridgehead atoms. The molecule has 31 heavy (non-hydrogen) atoms. The molecular formula is C26H24N2O3. The van der Waals surface area contributed by atoms with Gasteiger partial charge in [0.15, 0.2) is 0 Å². The summed E-state index contributed by atoms with van der Waals surface area (Å²) in [6.45, 7) is 1.02. The van der Waals surface area contributed by atoms with Crippen LogP contribution in [0.3, 0.4) is 0 Å². The molecule has 0 unspecified atom stereocenters. The first-order valence-corrected chi connectivity index (χ1v) is 10.6. The molecule has 3 aromatic rings. The summed E-state index contributed by atoms with van der Waals surface area (Å²) in [5.41, 5.74) is 4.67. The van der Waals surface area contributed by atoms with Gasteiger partial charge in [0.05, 0.1) is 19.1 Å². The number of benzene rings is 3. The predicted octanol–water partition coefficient (Wildman–Crippen LogP) is 3.85. The van der Waals surface area contributed by atoms with Crippen molar-refractivity contribution in [2.45, 2.75) is 24.9 Å². The lowest BCUT2D eigenvalue weighted by molar-refractivity contribution is -0.124. The number of ether oxygens (including phenoxy) is 1. The number of amides is 2. The van der Waals surface area contributed by atoms with E-state index in [9.17, 15) is 9.59 Å². The van der Waals surface area contributed by atoms with Gasteiger partial charge in [-0.2, -0.15) is 0 Å². The molecule has 0 radical (unpaired) electrons. The summed E-state index contributed by atoms with van der Waals surface area (Å²) in [7, 11) is 1.63. The summed E-state index contributed by atoms with van der Waals surface area (Å²) in [4.78, 5) is 28.7. The maximum atomic E-state index is 13.6. The summed E-state index contributed by atoms with van der Waals surface area (Å²) < 4.78 is 5.29. The zero-order valence-electron chi connectivity index (χ0n) is 17.4. The molecule has 0 spiro atoms. The Balaban J connectivity index is 1.52. The monoisotopic (exact) mass is 412 g/mol. The zero-order chi connectivity index (χ0) is 21.4. The summed E-state index contributed by atoms with van der Waals surface area (Å²) in [6, 6.07) is 23.0. The van der Waals surface area contributed by atoms with Gasteiger partial charge in [-0.05, 0) is 46.9 Å². The van der Waals surface area contributed by atoms with E-state index in [1.807, 2.05) is 65.6 Å². The molecule has 0 aliphatic carbocycles. The Kier molecular flexibility index (Phi) is 4.94. The molecule has 2 aliphatic rings. The molecule has 1 N–H and O–H groups in total. The Morgan fingerprint density at radius 3 is 2.65 bits per heavy atom. The molecule has 5 heteroatoms. The van der Waals surface area contributed by atoms with E-state index in [1.54, 1.807) is 7.11 Å². The van der Waals surface area contributed by atoms with Crippen molar-refractivity contribution in [3.05, 3.63) is 101 Å². The summed E-state index contributed by atoms with van der Waals surface area (Å²) in [6.07, 6.45) is 0.804. The number of carbonyl (C=O) groups is 2. The van der Waals surface area contributed by atoms with Crippen LogP contribution in [-0.4, -0.2) is 30.4 Å². The van der Waals surface area contributed by atoms with E-state index in [-0.39, 0.29) is 17.9 Å². The van der Waals surface area contributed by atoms with Crippen LogP contribution in [0.1, 0.15) is 44.6 Å². The second kappa shape index (κ2) is 7.91. The highest BCUT2D eigenvalue weighted by Crippen LogP contribution is 2.45. The maximum Gasteiger partial charge on any atom is 0.254 e. The van der Waals surface area contributed by atoms with Gasteiger partial charge in [0.1, 0.15) is 5.75 Å². The van der Waals surface area contributed by atoms with Gasteiger partial charge in [0, 0.05) is 18.7 Å². The molecule has 5 nitrogen and oxygen atoms in total. The second-order valence-electron chi connectivity index (χ2n) is 8.03. The minimum absolute atomic E-state index is 0.00643. The van der Waals surface area contributed by atoms with E-state index >= 15 is 0 Å². The van der Waals surface area contributed by atoms with Crippen molar-refractivity contribution in [2.24, 2.45) is 0 Å². The second-order valence-corrected chi connectivity index (χ2v) is 8.03. The first-order chi connectivity index (χ1) is 15.2. The topological polar surface area (TPSA) is 58.6 Å². The molecule has 2 atom stereocenters. The quantitative estimate of drug-likeness (QED) is 0.708. The molecule has 2 amide bonds. The van der Waals surface area contributed by atoms with Crippen molar-refractivity contribution in [3.8, 4) is 5.75 Å². The first kappa shape index (κ1) is 19.4. The van der Waals surface area contributed by atoms with Crippen molar-refractivity contribution in [3.63, 3.8) is 0 Å². The molecule has 2 heterocycles. The van der Waals surface area contributed by atoms with Crippen LogP contribution < -0.4 is 10.1 Å². The third-order valence-electron chi connectivity index (χ3n) is 6.32. The number of fused-ring (bicyclic) bond motifs is 4. The van der Waals surface area contributed by atoms with Crippen molar-refractivity contribution >= 4 is 11.8 Å². The third-order valence-corrected chi connectivity index (χ3v) is 6.32. The van der Waals surface area contributed by atoms with Gasteiger partial charge in [-0.3, -0.25) is 9.59 Å². The van der Waals surface area contributed by atoms with Crippen LogP contribution in [0.15, 0.2) is 72.8 Å². The van der Waals surface area contributed by atoms with Crippen molar-refractivity contribution in [1.29, 1.82) is 0 Å². The largest absolute Gasteiger partial charge is 0.497 e. The molecule has 0 aromatic heterocycles. The predicted molar refractivity (Wildman–Crippen MR) is 118 cm³/mol. The molecule has 0 fully saturated rings. The Bertz CT molecular complexity index is 1160. The molecule has 0 saturated heterocycles. The third kappa shape index (κ3) is 3.36. The fourth-order valence-electron chi connectivity index (χ4n) is 4.84. The average Bonchev–Trinajstić information content (AvgIpc) is 2.83. The van der Waals surface area contributed by atoms with Gasteiger partial charge in [-0.15, -0.1) is 0 Å². The lowest BCUT2D eigenvalue weighted by Gasteiger charge is -2.45. The van der Waals surface area contributed by atoms with E-state index in [0.717, 1.165) is 28.9 Å². The average molecular weight is 412 g/mol. The van der Waals surface area contributed by atoms with Crippen LogP contribution in [0.4, 0.5) is 0 Å². The van der Waals surface area contributed by atoms with Gasteiger partial charge in [0.25, 0.3) is 5.91 Å². The number of hydrogen-bond acceptors (Lipinski definition) is 3. The normalized spacial score (nSPS) is 19.1. The van der Waals surface area contributed by atoms with E-state index in [2.05, 4.69) is 17.4 Å². The SMILES string of the molecule is COc1cccc(CNC(=O)[C@H]2c3ccccc3C(=O)N3CCc4ccccc4[C@@H]23)c1. The summed E-state index contributed by atoms with van der Waals surface area (Å²) in [5, 5.41) is 3.11.